The number of benzene rings is 2. The normalized spacial score (nSPS) is 17.2. The van der Waals surface area contributed by atoms with E-state index in [0.29, 0.717) is 19.8 Å². The molecule has 1 aliphatic rings. The van der Waals surface area contributed by atoms with Gasteiger partial charge >= 0.3 is 0 Å². The van der Waals surface area contributed by atoms with Gasteiger partial charge in [-0.05, 0) is 36.8 Å². The number of sulfonamides is 1. The number of morpholine rings is 1. The van der Waals surface area contributed by atoms with Crippen LogP contribution in [0.3, 0.4) is 0 Å². The van der Waals surface area contributed by atoms with Crippen molar-refractivity contribution in [1.82, 2.24) is 9.62 Å². The highest BCUT2D eigenvalue weighted by Gasteiger charge is 2.24. The SMILES string of the molecule is Cc1ccc(C(CN2CCOCC2)NS(=O)(=O)c2ccc(F)cc2)cc1. The van der Waals surface area contributed by atoms with Crippen molar-refractivity contribution in [2.45, 2.75) is 17.9 Å². The molecule has 0 saturated carbocycles. The van der Waals surface area contributed by atoms with Crippen molar-refractivity contribution in [3.63, 3.8) is 0 Å². The van der Waals surface area contributed by atoms with Crippen LogP contribution in [0.25, 0.3) is 0 Å². The van der Waals surface area contributed by atoms with Gasteiger partial charge < -0.3 is 4.74 Å². The van der Waals surface area contributed by atoms with E-state index in [-0.39, 0.29) is 4.90 Å². The van der Waals surface area contributed by atoms with Gasteiger partial charge in [0.25, 0.3) is 0 Å². The molecule has 1 heterocycles. The van der Waals surface area contributed by atoms with Gasteiger partial charge in [0.1, 0.15) is 5.82 Å². The van der Waals surface area contributed by atoms with E-state index >= 15 is 0 Å². The summed E-state index contributed by atoms with van der Waals surface area (Å²) in [4.78, 5) is 2.24. The number of hydrogen-bond acceptors (Lipinski definition) is 4. The van der Waals surface area contributed by atoms with Gasteiger partial charge in [-0.2, -0.15) is 0 Å². The molecular weight excluding hydrogens is 355 g/mol. The number of nitrogens with one attached hydrogen (secondary N) is 1. The Hall–Kier alpha value is -1.80. The third-order valence-electron chi connectivity index (χ3n) is 4.45. The molecular formula is C19H23FN2O3S. The fraction of sp³-hybridized carbons (Fsp3) is 0.368. The lowest BCUT2D eigenvalue weighted by atomic mass is 10.1. The average molecular weight is 378 g/mol. The van der Waals surface area contributed by atoms with Crippen LogP contribution in [0.2, 0.25) is 0 Å². The maximum Gasteiger partial charge on any atom is 0.241 e. The highest BCUT2D eigenvalue weighted by Crippen LogP contribution is 2.20. The first-order valence-corrected chi connectivity index (χ1v) is 10.1. The number of nitrogens with zero attached hydrogens (tertiary/aromatic N) is 1. The van der Waals surface area contributed by atoms with Crippen molar-refractivity contribution >= 4 is 10.0 Å². The molecule has 26 heavy (non-hydrogen) atoms. The molecule has 0 aromatic heterocycles. The quantitative estimate of drug-likeness (QED) is 0.839. The lowest BCUT2D eigenvalue weighted by Gasteiger charge is -2.31. The number of aryl methyl sites for hydroxylation is 1. The summed E-state index contributed by atoms with van der Waals surface area (Å²) >= 11 is 0. The number of hydrogen-bond donors (Lipinski definition) is 1. The largest absolute Gasteiger partial charge is 0.379 e. The second-order valence-corrected chi connectivity index (χ2v) is 8.17. The van der Waals surface area contributed by atoms with Gasteiger partial charge in [-0.3, -0.25) is 4.90 Å². The molecule has 0 spiro atoms. The Bertz CT molecular complexity index is 817. The van der Waals surface area contributed by atoms with Gasteiger partial charge in [0, 0.05) is 19.6 Å². The van der Waals surface area contributed by atoms with E-state index < -0.39 is 21.9 Å². The van der Waals surface area contributed by atoms with Crippen molar-refractivity contribution in [3.8, 4) is 0 Å². The second kappa shape index (κ2) is 8.26. The molecule has 2 aromatic rings. The standard InChI is InChI=1S/C19H23FN2O3S/c1-15-2-4-16(5-3-15)19(14-22-10-12-25-13-11-22)21-26(23,24)18-8-6-17(20)7-9-18/h2-9,19,21H,10-14H2,1H3. The zero-order chi connectivity index (χ0) is 18.6. The van der Waals surface area contributed by atoms with Crippen molar-refractivity contribution in [3.05, 3.63) is 65.5 Å². The van der Waals surface area contributed by atoms with Crippen LogP contribution >= 0.6 is 0 Å². The summed E-state index contributed by atoms with van der Waals surface area (Å²) < 4.78 is 46.8. The third-order valence-corrected chi connectivity index (χ3v) is 5.93. The fourth-order valence-electron chi connectivity index (χ4n) is 2.92. The molecule has 0 bridgehead atoms. The predicted octanol–water partition coefficient (Wildman–Crippen LogP) is 2.49. The van der Waals surface area contributed by atoms with Crippen molar-refractivity contribution in [2.24, 2.45) is 0 Å². The van der Waals surface area contributed by atoms with Crippen LogP contribution in [-0.2, 0) is 14.8 Å². The molecule has 3 rings (SSSR count). The van der Waals surface area contributed by atoms with Gasteiger partial charge in [-0.25, -0.2) is 17.5 Å². The Morgan fingerprint density at radius 2 is 1.69 bits per heavy atom. The zero-order valence-corrected chi connectivity index (χ0v) is 15.5. The highest BCUT2D eigenvalue weighted by atomic mass is 32.2. The van der Waals surface area contributed by atoms with E-state index in [4.69, 9.17) is 4.74 Å². The summed E-state index contributed by atoms with van der Waals surface area (Å²) in [6.07, 6.45) is 0. The third kappa shape index (κ3) is 4.88. The van der Waals surface area contributed by atoms with Crippen LogP contribution in [-0.4, -0.2) is 46.2 Å². The minimum atomic E-state index is -3.76. The van der Waals surface area contributed by atoms with E-state index in [1.165, 1.54) is 12.1 Å². The van der Waals surface area contributed by atoms with Gasteiger partial charge in [0.05, 0.1) is 24.2 Å². The molecule has 1 atom stereocenters. The first-order valence-electron chi connectivity index (χ1n) is 8.58. The predicted molar refractivity (Wildman–Crippen MR) is 97.9 cm³/mol. The molecule has 0 radical (unpaired) electrons. The molecule has 1 unspecified atom stereocenters. The Morgan fingerprint density at radius 3 is 2.31 bits per heavy atom. The maximum absolute atomic E-state index is 13.1. The Balaban J connectivity index is 1.84. The van der Waals surface area contributed by atoms with E-state index in [1.54, 1.807) is 0 Å². The van der Waals surface area contributed by atoms with Crippen molar-refractivity contribution < 1.29 is 17.5 Å². The first-order chi connectivity index (χ1) is 12.4. The number of ether oxygens (including phenoxy) is 1. The van der Waals surface area contributed by atoms with E-state index in [9.17, 15) is 12.8 Å². The van der Waals surface area contributed by atoms with E-state index in [2.05, 4.69) is 9.62 Å². The van der Waals surface area contributed by atoms with Crippen LogP contribution in [0, 0.1) is 12.7 Å². The van der Waals surface area contributed by atoms with Crippen LogP contribution in [0.5, 0.6) is 0 Å². The highest BCUT2D eigenvalue weighted by molar-refractivity contribution is 7.89. The lowest BCUT2D eigenvalue weighted by Crippen LogP contribution is -2.43. The fourth-order valence-corrected chi connectivity index (χ4v) is 4.14. The molecule has 140 valence electrons. The molecule has 1 fully saturated rings. The summed E-state index contributed by atoms with van der Waals surface area (Å²) in [5.41, 5.74) is 2.01. The van der Waals surface area contributed by atoms with Gasteiger partial charge in [0.2, 0.25) is 10.0 Å². The molecule has 1 aliphatic heterocycles. The smallest absolute Gasteiger partial charge is 0.241 e. The van der Waals surface area contributed by atoms with Gasteiger partial charge in [-0.15, -0.1) is 0 Å². The maximum atomic E-state index is 13.1. The molecule has 5 nitrogen and oxygen atoms in total. The molecule has 1 saturated heterocycles. The van der Waals surface area contributed by atoms with Crippen LogP contribution in [0.15, 0.2) is 53.4 Å². The van der Waals surface area contributed by atoms with Crippen LogP contribution in [0.4, 0.5) is 4.39 Å². The summed E-state index contributed by atoms with van der Waals surface area (Å²) in [5.74, 6) is -0.465. The Labute approximate surface area is 153 Å². The first kappa shape index (κ1) is 19.0. The minimum Gasteiger partial charge on any atom is -0.379 e. The van der Waals surface area contributed by atoms with E-state index in [1.807, 2.05) is 31.2 Å². The van der Waals surface area contributed by atoms with Gasteiger partial charge in [0.15, 0.2) is 0 Å². The number of rotatable bonds is 6. The molecule has 7 heteroatoms. The molecule has 1 N–H and O–H groups in total. The Morgan fingerprint density at radius 1 is 1.08 bits per heavy atom. The molecule has 0 amide bonds. The number of halogens is 1. The Kier molecular flexibility index (Phi) is 6.03. The zero-order valence-electron chi connectivity index (χ0n) is 14.7. The van der Waals surface area contributed by atoms with Crippen LogP contribution < -0.4 is 4.72 Å². The molecule has 2 aromatic carbocycles. The lowest BCUT2D eigenvalue weighted by molar-refractivity contribution is 0.0345. The van der Waals surface area contributed by atoms with E-state index in [0.717, 1.165) is 36.3 Å². The van der Waals surface area contributed by atoms with Crippen molar-refractivity contribution in [2.75, 3.05) is 32.8 Å². The second-order valence-electron chi connectivity index (χ2n) is 6.45. The average Bonchev–Trinajstić information content (AvgIpc) is 2.63. The topological polar surface area (TPSA) is 58.6 Å². The summed E-state index contributed by atoms with van der Waals surface area (Å²) in [6.45, 7) is 5.36. The minimum absolute atomic E-state index is 0.0537. The summed E-state index contributed by atoms with van der Waals surface area (Å²) in [6, 6.07) is 12.3. The van der Waals surface area contributed by atoms with Crippen LogP contribution in [0.1, 0.15) is 17.2 Å². The summed E-state index contributed by atoms with van der Waals surface area (Å²) in [5, 5.41) is 0. The van der Waals surface area contributed by atoms with Gasteiger partial charge in [-0.1, -0.05) is 29.8 Å². The van der Waals surface area contributed by atoms with Crippen molar-refractivity contribution in [1.29, 1.82) is 0 Å². The monoisotopic (exact) mass is 378 g/mol. The molecule has 0 aliphatic carbocycles. The summed E-state index contributed by atoms with van der Waals surface area (Å²) in [7, 11) is -3.76.